The van der Waals surface area contributed by atoms with E-state index in [2.05, 4.69) is 47.9 Å². The topological polar surface area (TPSA) is 50.3 Å². The quantitative estimate of drug-likeness (QED) is 0.670. The number of aromatic nitrogens is 2. The van der Waals surface area contributed by atoms with Crippen molar-refractivity contribution in [2.24, 2.45) is 0 Å². The Morgan fingerprint density at radius 2 is 2.00 bits per heavy atom. The van der Waals surface area contributed by atoms with Gasteiger partial charge in [0.1, 0.15) is 18.2 Å². The number of anilines is 2. The van der Waals surface area contributed by atoms with Crippen LogP contribution in [0.15, 0.2) is 6.07 Å². The van der Waals surface area contributed by atoms with Gasteiger partial charge in [-0.05, 0) is 27.2 Å². The van der Waals surface area contributed by atoms with Gasteiger partial charge in [0.15, 0.2) is 5.82 Å². The minimum atomic E-state index is 0.418. The molecule has 0 radical (unpaired) electrons. The fraction of sp³-hybridized carbons (Fsp3) is 0.750. The highest BCUT2D eigenvalue weighted by Crippen LogP contribution is 2.19. The van der Waals surface area contributed by atoms with E-state index >= 15 is 0 Å². The molecular formula is C16H30N4O. The Hall–Kier alpha value is -1.36. The highest BCUT2D eigenvalue weighted by molar-refractivity contribution is 5.50. The molecule has 0 aromatic carbocycles. The lowest BCUT2D eigenvalue weighted by Crippen LogP contribution is -2.33. The van der Waals surface area contributed by atoms with Gasteiger partial charge >= 0.3 is 0 Å². The number of nitrogens with zero attached hydrogens (tertiary/aromatic N) is 3. The van der Waals surface area contributed by atoms with Crippen molar-refractivity contribution in [1.82, 2.24) is 9.97 Å². The lowest BCUT2D eigenvalue weighted by atomic mass is 10.2. The van der Waals surface area contributed by atoms with Crippen LogP contribution in [0.3, 0.4) is 0 Å². The predicted molar refractivity (Wildman–Crippen MR) is 88.9 cm³/mol. The summed E-state index contributed by atoms with van der Waals surface area (Å²) in [7, 11) is 1.67. The first kappa shape index (κ1) is 17.7. The van der Waals surface area contributed by atoms with E-state index in [-0.39, 0.29) is 0 Å². The van der Waals surface area contributed by atoms with E-state index in [1.54, 1.807) is 7.11 Å². The fourth-order valence-corrected chi connectivity index (χ4v) is 2.27. The number of methoxy groups -OCH3 is 1. The predicted octanol–water partition coefficient (Wildman–Crippen LogP) is 3.46. The lowest BCUT2D eigenvalue weighted by molar-refractivity contribution is 0.178. The van der Waals surface area contributed by atoms with Crippen LogP contribution in [-0.2, 0) is 11.3 Å². The lowest BCUT2D eigenvalue weighted by Gasteiger charge is -2.28. The van der Waals surface area contributed by atoms with Crippen LogP contribution in [0.5, 0.6) is 0 Å². The summed E-state index contributed by atoms with van der Waals surface area (Å²) in [4.78, 5) is 11.5. The molecule has 1 aromatic rings. The molecule has 0 spiro atoms. The Balaban J connectivity index is 2.98. The summed E-state index contributed by atoms with van der Waals surface area (Å²) >= 11 is 0. The van der Waals surface area contributed by atoms with Gasteiger partial charge in [-0.25, -0.2) is 9.97 Å². The van der Waals surface area contributed by atoms with Crippen LogP contribution < -0.4 is 10.2 Å². The van der Waals surface area contributed by atoms with Gasteiger partial charge in [-0.1, -0.05) is 19.8 Å². The minimum Gasteiger partial charge on any atom is -0.377 e. The maximum Gasteiger partial charge on any atom is 0.158 e. The van der Waals surface area contributed by atoms with E-state index in [1.807, 2.05) is 6.07 Å². The third kappa shape index (κ3) is 5.87. The van der Waals surface area contributed by atoms with E-state index in [0.29, 0.717) is 12.6 Å². The molecule has 5 heteroatoms. The van der Waals surface area contributed by atoms with E-state index in [0.717, 1.165) is 30.5 Å². The van der Waals surface area contributed by atoms with E-state index < -0.39 is 0 Å². The van der Waals surface area contributed by atoms with Crippen LogP contribution >= 0.6 is 0 Å². The standard InChI is InChI=1S/C16H30N4O/c1-6-8-9-10-20(13(3)4)16-11-14(17-7-2)18-15(19-16)12-21-5/h11,13H,6-10,12H2,1-5H3,(H,17,18,19). The Labute approximate surface area is 129 Å². The van der Waals surface area contributed by atoms with Gasteiger partial charge in [0.2, 0.25) is 0 Å². The zero-order valence-corrected chi connectivity index (χ0v) is 14.1. The zero-order chi connectivity index (χ0) is 15.7. The highest BCUT2D eigenvalue weighted by Gasteiger charge is 2.14. The highest BCUT2D eigenvalue weighted by atomic mass is 16.5. The van der Waals surface area contributed by atoms with Crippen molar-refractivity contribution in [3.8, 4) is 0 Å². The molecule has 21 heavy (non-hydrogen) atoms. The summed E-state index contributed by atoms with van der Waals surface area (Å²) in [6, 6.07) is 2.45. The van der Waals surface area contributed by atoms with E-state index in [4.69, 9.17) is 4.74 Å². The van der Waals surface area contributed by atoms with Crippen LogP contribution in [0.4, 0.5) is 11.6 Å². The molecule has 0 aliphatic carbocycles. The molecule has 1 rings (SSSR count). The second-order valence-corrected chi connectivity index (χ2v) is 5.49. The van der Waals surface area contributed by atoms with Crippen LogP contribution in [0.25, 0.3) is 0 Å². The summed E-state index contributed by atoms with van der Waals surface area (Å²) in [6.45, 7) is 11.0. The monoisotopic (exact) mass is 294 g/mol. The smallest absolute Gasteiger partial charge is 0.158 e. The van der Waals surface area contributed by atoms with Crippen LogP contribution in [0.1, 0.15) is 52.8 Å². The molecule has 0 saturated heterocycles. The third-order valence-corrected chi connectivity index (χ3v) is 3.31. The van der Waals surface area contributed by atoms with Crippen LogP contribution in [0, 0.1) is 0 Å². The van der Waals surface area contributed by atoms with Crippen LogP contribution in [0.2, 0.25) is 0 Å². The van der Waals surface area contributed by atoms with Crippen molar-refractivity contribution in [2.45, 2.75) is 59.6 Å². The Morgan fingerprint density at radius 3 is 2.57 bits per heavy atom. The summed E-state index contributed by atoms with van der Waals surface area (Å²) in [6.07, 6.45) is 3.67. The number of nitrogens with one attached hydrogen (secondary N) is 1. The first-order chi connectivity index (χ1) is 10.1. The van der Waals surface area contributed by atoms with Gasteiger partial charge in [0.05, 0.1) is 0 Å². The SMILES string of the molecule is CCCCCN(c1cc(NCC)nc(COC)n1)C(C)C. The van der Waals surface area contributed by atoms with E-state index in [1.165, 1.54) is 19.3 Å². The fourth-order valence-electron chi connectivity index (χ4n) is 2.27. The average Bonchev–Trinajstić information content (AvgIpc) is 2.43. The third-order valence-electron chi connectivity index (χ3n) is 3.31. The first-order valence-electron chi connectivity index (χ1n) is 7.99. The van der Waals surface area contributed by atoms with Crippen molar-refractivity contribution >= 4 is 11.6 Å². The molecule has 120 valence electrons. The van der Waals surface area contributed by atoms with Gasteiger partial charge in [-0.2, -0.15) is 0 Å². The van der Waals surface area contributed by atoms with Gasteiger partial charge < -0.3 is 15.0 Å². The molecule has 5 nitrogen and oxygen atoms in total. The summed E-state index contributed by atoms with van der Waals surface area (Å²) in [5, 5.41) is 3.27. The number of hydrogen-bond donors (Lipinski definition) is 1. The zero-order valence-electron chi connectivity index (χ0n) is 14.1. The van der Waals surface area contributed by atoms with Gasteiger partial charge in [0.25, 0.3) is 0 Å². The number of rotatable bonds is 10. The van der Waals surface area contributed by atoms with Crippen molar-refractivity contribution in [1.29, 1.82) is 0 Å². The maximum absolute atomic E-state index is 5.18. The largest absolute Gasteiger partial charge is 0.377 e. The van der Waals surface area contributed by atoms with Crippen molar-refractivity contribution in [2.75, 3.05) is 30.4 Å². The summed E-state index contributed by atoms with van der Waals surface area (Å²) in [5.41, 5.74) is 0. The van der Waals surface area contributed by atoms with Gasteiger partial charge in [-0.3, -0.25) is 0 Å². The molecule has 0 aliphatic heterocycles. The van der Waals surface area contributed by atoms with Crippen LogP contribution in [-0.4, -0.2) is 36.2 Å². The molecule has 0 bridgehead atoms. The second kappa shape index (κ2) is 9.55. The van der Waals surface area contributed by atoms with Crippen molar-refractivity contribution in [3.05, 3.63) is 11.9 Å². The molecule has 1 N–H and O–H groups in total. The maximum atomic E-state index is 5.18. The molecule has 0 atom stereocenters. The summed E-state index contributed by atoms with van der Waals surface area (Å²) < 4.78 is 5.18. The Bertz CT molecular complexity index is 385. The molecule has 1 heterocycles. The molecule has 0 amide bonds. The number of unbranched alkanes of at least 4 members (excludes halogenated alkanes) is 2. The molecule has 0 fully saturated rings. The second-order valence-electron chi connectivity index (χ2n) is 5.49. The van der Waals surface area contributed by atoms with Gasteiger partial charge in [0, 0.05) is 32.3 Å². The molecular weight excluding hydrogens is 264 g/mol. The molecule has 0 aliphatic rings. The van der Waals surface area contributed by atoms with Crippen molar-refractivity contribution < 1.29 is 4.74 Å². The average molecular weight is 294 g/mol. The molecule has 1 aromatic heterocycles. The minimum absolute atomic E-state index is 0.418. The Kier molecular flexibility index (Phi) is 8.05. The van der Waals surface area contributed by atoms with Gasteiger partial charge in [-0.15, -0.1) is 0 Å². The number of hydrogen-bond acceptors (Lipinski definition) is 5. The normalized spacial score (nSPS) is 11.0. The number of ether oxygens (including phenoxy) is 1. The molecule has 0 saturated carbocycles. The summed E-state index contributed by atoms with van der Waals surface area (Å²) in [5.74, 6) is 2.59. The Morgan fingerprint density at radius 1 is 1.24 bits per heavy atom. The van der Waals surface area contributed by atoms with E-state index in [9.17, 15) is 0 Å². The molecule has 0 unspecified atom stereocenters. The first-order valence-corrected chi connectivity index (χ1v) is 7.99. The van der Waals surface area contributed by atoms with Crippen molar-refractivity contribution in [3.63, 3.8) is 0 Å².